The number of hydrogen-bond acceptors (Lipinski definition) is 5. The molecule has 4 N–H and O–H groups in total. The Hall–Kier alpha value is -1.47. The third kappa shape index (κ3) is 4.90. The molecule has 0 saturated heterocycles. The number of carbonyl (C=O) groups is 2. The van der Waals surface area contributed by atoms with Gasteiger partial charge in [-0.15, -0.1) is 11.3 Å². The molecule has 0 bridgehead atoms. The summed E-state index contributed by atoms with van der Waals surface area (Å²) >= 11 is 1.54. The van der Waals surface area contributed by atoms with Crippen LogP contribution in [-0.4, -0.2) is 29.4 Å². The summed E-state index contributed by atoms with van der Waals surface area (Å²) < 4.78 is 0. The van der Waals surface area contributed by atoms with E-state index in [2.05, 4.69) is 15.6 Å². The molecule has 1 unspecified atom stereocenters. The number of carbonyl (C=O) groups excluding carboxylic acids is 2. The van der Waals surface area contributed by atoms with E-state index in [-0.39, 0.29) is 30.3 Å². The average molecular weight is 298 g/mol. The lowest BCUT2D eigenvalue weighted by Crippen LogP contribution is -2.47. The molecule has 20 heavy (non-hydrogen) atoms. The van der Waals surface area contributed by atoms with E-state index in [0.29, 0.717) is 0 Å². The van der Waals surface area contributed by atoms with Crippen molar-refractivity contribution in [2.45, 2.75) is 39.8 Å². The molecular formula is C13H22N4O2S. The first kappa shape index (κ1) is 16.6. The third-order valence-corrected chi connectivity index (χ3v) is 3.69. The molecule has 0 aromatic carbocycles. The second-order valence-electron chi connectivity index (χ2n) is 5.07. The SMILES string of the molecule is Cc1nc(C(C)NC(=O)CNC(=O)[C@@H](N)C(C)C)cs1. The van der Waals surface area contributed by atoms with Crippen LogP contribution in [0.25, 0.3) is 0 Å². The molecule has 0 aliphatic rings. The van der Waals surface area contributed by atoms with E-state index >= 15 is 0 Å². The molecule has 7 heteroatoms. The molecule has 0 aliphatic heterocycles. The molecule has 1 rings (SSSR count). The highest BCUT2D eigenvalue weighted by atomic mass is 32.1. The fourth-order valence-corrected chi connectivity index (χ4v) is 2.24. The fourth-order valence-electron chi connectivity index (χ4n) is 1.53. The van der Waals surface area contributed by atoms with Gasteiger partial charge in [0.2, 0.25) is 11.8 Å². The summed E-state index contributed by atoms with van der Waals surface area (Å²) in [4.78, 5) is 27.7. The van der Waals surface area contributed by atoms with E-state index in [4.69, 9.17) is 5.73 Å². The Morgan fingerprint density at radius 1 is 1.40 bits per heavy atom. The van der Waals surface area contributed by atoms with Crippen molar-refractivity contribution in [2.75, 3.05) is 6.54 Å². The van der Waals surface area contributed by atoms with Crippen LogP contribution in [0.1, 0.15) is 37.5 Å². The zero-order valence-corrected chi connectivity index (χ0v) is 13.1. The Morgan fingerprint density at radius 2 is 2.05 bits per heavy atom. The molecule has 1 aromatic rings. The maximum atomic E-state index is 11.7. The molecule has 6 nitrogen and oxygen atoms in total. The van der Waals surface area contributed by atoms with E-state index in [1.54, 1.807) is 0 Å². The maximum absolute atomic E-state index is 11.7. The van der Waals surface area contributed by atoms with Crippen molar-refractivity contribution in [2.24, 2.45) is 11.7 Å². The summed E-state index contributed by atoms with van der Waals surface area (Å²) in [5.74, 6) is -0.533. The van der Waals surface area contributed by atoms with Gasteiger partial charge in [0.05, 0.1) is 29.3 Å². The molecule has 0 fully saturated rings. The van der Waals surface area contributed by atoms with Crippen molar-refractivity contribution in [3.05, 3.63) is 16.1 Å². The number of nitrogens with one attached hydrogen (secondary N) is 2. The number of nitrogens with two attached hydrogens (primary N) is 1. The molecule has 1 aromatic heterocycles. The largest absolute Gasteiger partial charge is 0.346 e. The zero-order chi connectivity index (χ0) is 15.3. The van der Waals surface area contributed by atoms with Crippen molar-refractivity contribution >= 4 is 23.2 Å². The lowest BCUT2D eigenvalue weighted by Gasteiger charge is -2.16. The van der Waals surface area contributed by atoms with E-state index in [1.165, 1.54) is 11.3 Å². The van der Waals surface area contributed by atoms with E-state index in [9.17, 15) is 9.59 Å². The summed E-state index contributed by atoms with van der Waals surface area (Å²) in [6.07, 6.45) is 0. The van der Waals surface area contributed by atoms with Gasteiger partial charge in [0, 0.05) is 5.38 Å². The van der Waals surface area contributed by atoms with Crippen molar-refractivity contribution in [1.82, 2.24) is 15.6 Å². The van der Waals surface area contributed by atoms with Gasteiger partial charge in [-0.3, -0.25) is 9.59 Å². The van der Waals surface area contributed by atoms with Gasteiger partial charge in [-0.25, -0.2) is 4.98 Å². The second kappa shape index (κ2) is 7.35. The summed E-state index contributed by atoms with van der Waals surface area (Å²) in [5, 5.41) is 8.18. The quantitative estimate of drug-likeness (QED) is 0.721. The van der Waals surface area contributed by atoms with E-state index in [0.717, 1.165) is 10.7 Å². The van der Waals surface area contributed by atoms with Crippen LogP contribution < -0.4 is 16.4 Å². The topological polar surface area (TPSA) is 97.1 Å². The number of nitrogens with zero attached hydrogens (tertiary/aromatic N) is 1. The fraction of sp³-hybridized carbons (Fsp3) is 0.615. The van der Waals surface area contributed by atoms with Gasteiger partial charge in [0.25, 0.3) is 0 Å². The molecule has 112 valence electrons. The number of thiazole rings is 1. The van der Waals surface area contributed by atoms with Crippen LogP contribution in [-0.2, 0) is 9.59 Å². The minimum atomic E-state index is -0.596. The number of rotatable bonds is 6. The summed E-state index contributed by atoms with van der Waals surface area (Å²) in [7, 11) is 0. The van der Waals surface area contributed by atoms with Crippen molar-refractivity contribution < 1.29 is 9.59 Å². The van der Waals surface area contributed by atoms with Crippen molar-refractivity contribution in [3.8, 4) is 0 Å². The highest BCUT2D eigenvalue weighted by molar-refractivity contribution is 7.09. The van der Waals surface area contributed by atoms with Gasteiger partial charge in [-0.1, -0.05) is 13.8 Å². The predicted octanol–water partition coefficient (Wildman–Crippen LogP) is 0.728. The first-order valence-electron chi connectivity index (χ1n) is 6.56. The monoisotopic (exact) mass is 298 g/mol. The molecule has 2 amide bonds. The van der Waals surface area contributed by atoms with E-state index in [1.807, 2.05) is 33.1 Å². The van der Waals surface area contributed by atoms with Gasteiger partial charge in [0.15, 0.2) is 0 Å². The smallest absolute Gasteiger partial charge is 0.239 e. The van der Waals surface area contributed by atoms with Gasteiger partial charge in [0.1, 0.15) is 0 Å². The summed E-state index contributed by atoms with van der Waals surface area (Å²) in [6.45, 7) is 7.41. The standard InChI is InChI=1S/C13H22N4O2S/c1-7(2)12(14)13(19)15-5-11(18)16-8(3)10-6-20-9(4)17-10/h6-8,12H,5,14H2,1-4H3,(H,15,19)(H,16,18)/t8?,12-/m0/s1. The van der Waals surface area contributed by atoms with Crippen molar-refractivity contribution in [1.29, 1.82) is 0 Å². The van der Waals surface area contributed by atoms with Crippen LogP contribution in [0.5, 0.6) is 0 Å². The lowest BCUT2D eigenvalue weighted by atomic mass is 10.1. The first-order chi connectivity index (χ1) is 9.31. The normalized spacial score (nSPS) is 13.9. The zero-order valence-electron chi connectivity index (χ0n) is 12.3. The first-order valence-corrected chi connectivity index (χ1v) is 7.44. The number of aromatic nitrogens is 1. The average Bonchev–Trinajstić information content (AvgIpc) is 2.81. The third-order valence-electron chi connectivity index (χ3n) is 2.90. The molecule has 1 heterocycles. The molecule has 0 aliphatic carbocycles. The molecule has 2 atom stereocenters. The Morgan fingerprint density at radius 3 is 2.55 bits per heavy atom. The lowest BCUT2D eigenvalue weighted by molar-refractivity contribution is -0.127. The minimum Gasteiger partial charge on any atom is -0.346 e. The van der Waals surface area contributed by atoms with Gasteiger partial charge >= 0.3 is 0 Å². The Labute approximate surface area is 123 Å². The van der Waals surface area contributed by atoms with Crippen molar-refractivity contribution in [3.63, 3.8) is 0 Å². The minimum absolute atomic E-state index is 0.0370. The predicted molar refractivity (Wildman–Crippen MR) is 79.2 cm³/mol. The summed E-state index contributed by atoms with van der Waals surface area (Å²) in [6, 6.07) is -0.774. The molecule has 0 spiro atoms. The maximum Gasteiger partial charge on any atom is 0.239 e. The number of aryl methyl sites for hydroxylation is 1. The summed E-state index contributed by atoms with van der Waals surface area (Å²) in [5.41, 5.74) is 6.51. The highest BCUT2D eigenvalue weighted by Crippen LogP contribution is 2.15. The second-order valence-corrected chi connectivity index (χ2v) is 6.13. The van der Waals surface area contributed by atoms with Gasteiger partial charge in [-0.2, -0.15) is 0 Å². The van der Waals surface area contributed by atoms with Crippen LogP contribution >= 0.6 is 11.3 Å². The highest BCUT2D eigenvalue weighted by Gasteiger charge is 2.18. The Bertz CT molecular complexity index is 473. The van der Waals surface area contributed by atoms with Crippen LogP contribution in [0.4, 0.5) is 0 Å². The van der Waals surface area contributed by atoms with Crippen LogP contribution in [0, 0.1) is 12.8 Å². The van der Waals surface area contributed by atoms with Crippen LogP contribution in [0.2, 0.25) is 0 Å². The number of amides is 2. The Kier molecular flexibility index (Phi) is 6.09. The molecule has 0 radical (unpaired) electrons. The van der Waals surface area contributed by atoms with Gasteiger partial charge < -0.3 is 16.4 Å². The Balaban J connectivity index is 2.39. The van der Waals surface area contributed by atoms with Crippen LogP contribution in [0.15, 0.2) is 5.38 Å². The van der Waals surface area contributed by atoms with Gasteiger partial charge in [-0.05, 0) is 19.8 Å². The van der Waals surface area contributed by atoms with Crippen LogP contribution in [0.3, 0.4) is 0 Å². The molecular weight excluding hydrogens is 276 g/mol. The molecule has 0 saturated carbocycles. The number of hydrogen-bond donors (Lipinski definition) is 3. The van der Waals surface area contributed by atoms with E-state index < -0.39 is 6.04 Å².